The number of carbonyl (C=O) groups excluding carboxylic acids is 2. The number of hydrogen-bond acceptors (Lipinski definition) is 4. The van der Waals surface area contributed by atoms with Crippen molar-refractivity contribution in [3.05, 3.63) is 60.2 Å². The average Bonchev–Trinajstić information content (AvgIpc) is 2.72. The number of amides is 2. The van der Waals surface area contributed by atoms with E-state index < -0.39 is 0 Å². The molecule has 0 fully saturated rings. The van der Waals surface area contributed by atoms with Crippen LogP contribution in [0.4, 0.5) is 5.69 Å². The first kappa shape index (κ1) is 21.0. The Labute approximate surface area is 165 Å². The Morgan fingerprint density at radius 2 is 1.64 bits per heavy atom. The third-order valence-corrected chi connectivity index (χ3v) is 4.07. The average molecular weight is 382 g/mol. The molecular weight excluding hydrogens is 356 g/mol. The molecule has 148 valence electrons. The first-order chi connectivity index (χ1) is 13.6. The molecule has 2 rings (SSSR count). The van der Waals surface area contributed by atoms with E-state index in [-0.39, 0.29) is 18.4 Å². The first-order valence-electron chi connectivity index (χ1n) is 9.12. The van der Waals surface area contributed by atoms with Gasteiger partial charge in [0, 0.05) is 18.2 Å². The fourth-order valence-electron chi connectivity index (χ4n) is 2.72. The predicted octanol–water partition coefficient (Wildman–Crippen LogP) is 3.59. The summed E-state index contributed by atoms with van der Waals surface area (Å²) < 4.78 is 10.5. The van der Waals surface area contributed by atoms with E-state index in [0.717, 1.165) is 12.0 Å². The van der Waals surface area contributed by atoms with Gasteiger partial charge in [0.1, 0.15) is 18.0 Å². The molecule has 1 N–H and O–H groups in total. The van der Waals surface area contributed by atoms with E-state index in [1.165, 1.54) is 11.0 Å². The lowest BCUT2D eigenvalue weighted by Crippen LogP contribution is -2.37. The van der Waals surface area contributed by atoms with Crippen LogP contribution in [-0.2, 0) is 9.59 Å². The molecule has 6 nitrogen and oxygen atoms in total. The van der Waals surface area contributed by atoms with E-state index in [0.29, 0.717) is 23.7 Å². The zero-order chi connectivity index (χ0) is 20.4. The zero-order valence-corrected chi connectivity index (χ0v) is 16.5. The van der Waals surface area contributed by atoms with Gasteiger partial charge in [0.25, 0.3) is 0 Å². The molecule has 2 aromatic rings. The van der Waals surface area contributed by atoms with Gasteiger partial charge < -0.3 is 19.7 Å². The first-order valence-corrected chi connectivity index (χ1v) is 9.12. The summed E-state index contributed by atoms with van der Waals surface area (Å²) in [4.78, 5) is 26.6. The summed E-state index contributed by atoms with van der Waals surface area (Å²) in [6.45, 7) is 2.40. The van der Waals surface area contributed by atoms with Crippen LogP contribution in [0.15, 0.2) is 54.6 Å². The number of anilines is 1. The van der Waals surface area contributed by atoms with Crippen molar-refractivity contribution >= 4 is 23.6 Å². The van der Waals surface area contributed by atoms with Gasteiger partial charge in [0.15, 0.2) is 0 Å². The SMILES string of the molecule is CCCN(CC(=O)Nc1ccccc1OC)C(=O)/C=C/c1ccccc1OC. The fourth-order valence-corrected chi connectivity index (χ4v) is 2.72. The van der Waals surface area contributed by atoms with Crippen LogP contribution in [0, 0.1) is 0 Å². The van der Waals surface area contributed by atoms with Crippen molar-refractivity contribution in [2.24, 2.45) is 0 Å². The smallest absolute Gasteiger partial charge is 0.247 e. The summed E-state index contributed by atoms with van der Waals surface area (Å²) in [6, 6.07) is 14.6. The molecule has 0 saturated carbocycles. The lowest BCUT2D eigenvalue weighted by molar-refractivity contribution is -0.130. The molecule has 0 heterocycles. The van der Waals surface area contributed by atoms with Gasteiger partial charge in [-0.2, -0.15) is 0 Å². The normalized spacial score (nSPS) is 10.5. The summed E-state index contributed by atoms with van der Waals surface area (Å²) >= 11 is 0. The van der Waals surface area contributed by atoms with Crippen molar-refractivity contribution in [3.8, 4) is 11.5 Å². The van der Waals surface area contributed by atoms with Crippen LogP contribution >= 0.6 is 0 Å². The Balaban J connectivity index is 2.06. The van der Waals surface area contributed by atoms with Crippen molar-refractivity contribution in [3.63, 3.8) is 0 Å². The summed E-state index contributed by atoms with van der Waals surface area (Å²) in [5.41, 5.74) is 1.37. The summed E-state index contributed by atoms with van der Waals surface area (Å²) in [5, 5.41) is 2.80. The minimum atomic E-state index is -0.281. The summed E-state index contributed by atoms with van der Waals surface area (Å²) in [6.07, 6.45) is 3.90. The molecule has 6 heteroatoms. The third kappa shape index (κ3) is 5.87. The van der Waals surface area contributed by atoms with Gasteiger partial charge in [0.05, 0.1) is 19.9 Å². The molecule has 2 aromatic carbocycles. The Hall–Kier alpha value is -3.28. The van der Waals surface area contributed by atoms with E-state index in [1.807, 2.05) is 43.3 Å². The molecule has 0 spiro atoms. The number of rotatable bonds is 9. The monoisotopic (exact) mass is 382 g/mol. The second-order valence-electron chi connectivity index (χ2n) is 6.08. The molecule has 2 amide bonds. The highest BCUT2D eigenvalue weighted by Crippen LogP contribution is 2.23. The highest BCUT2D eigenvalue weighted by molar-refractivity contribution is 5.98. The molecule has 0 unspecified atom stereocenters. The lowest BCUT2D eigenvalue weighted by atomic mass is 10.2. The van der Waals surface area contributed by atoms with Crippen LogP contribution in [0.25, 0.3) is 6.08 Å². The van der Waals surface area contributed by atoms with Crippen LogP contribution in [-0.4, -0.2) is 44.0 Å². The van der Waals surface area contributed by atoms with Crippen LogP contribution < -0.4 is 14.8 Å². The van der Waals surface area contributed by atoms with Crippen molar-refractivity contribution in [2.75, 3.05) is 32.6 Å². The molecule has 0 radical (unpaired) electrons. The maximum Gasteiger partial charge on any atom is 0.247 e. The number of ether oxygens (including phenoxy) is 2. The van der Waals surface area contributed by atoms with Crippen molar-refractivity contribution in [1.29, 1.82) is 0 Å². The van der Waals surface area contributed by atoms with Crippen molar-refractivity contribution in [2.45, 2.75) is 13.3 Å². The topological polar surface area (TPSA) is 67.9 Å². The standard InChI is InChI=1S/C22H26N2O4/c1-4-15-24(16-21(25)23-18-10-6-8-12-20(18)28-3)22(26)14-13-17-9-5-7-11-19(17)27-2/h5-14H,4,15-16H2,1-3H3,(H,23,25)/b14-13+. The van der Waals surface area contributed by atoms with Crippen LogP contribution in [0.3, 0.4) is 0 Å². The molecule has 28 heavy (non-hydrogen) atoms. The Kier molecular flexibility index (Phi) is 8.09. The van der Waals surface area contributed by atoms with E-state index in [9.17, 15) is 9.59 Å². The fraction of sp³-hybridized carbons (Fsp3) is 0.273. The van der Waals surface area contributed by atoms with Gasteiger partial charge in [-0.1, -0.05) is 37.3 Å². The maximum atomic E-state index is 12.6. The molecule has 0 aliphatic rings. The quantitative estimate of drug-likeness (QED) is 0.673. The summed E-state index contributed by atoms with van der Waals surface area (Å²) in [7, 11) is 3.13. The highest BCUT2D eigenvalue weighted by atomic mass is 16.5. The largest absolute Gasteiger partial charge is 0.496 e. The summed E-state index contributed by atoms with van der Waals surface area (Å²) in [5.74, 6) is 0.739. The van der Waals surface area contributed by atoms with E-state index in [4.69, 9.17) is 9.47 Å². The maximum absolute atomic E-state index is 12.6. The van der Waals surface area contributed by atoms with Gasteiger partial charge in [-0.05, 0) is 30.7 Å². The zero-order valence-electron chi connectivity index (χ0n) is 16.5. The lowest BCUT2D eigenvalue weighted by Gasteiger charge is -2.20. The number of methoxy groups -OCH3 is 2. The van der Waals surface area contributed by atoms with Crippen LogP contribution in [0.5, 0.6) is 11.5 Å². The second kappa shape index (κ2) is 10.8. The number of nitrogens with zero attached hydrogens (tertiary/aromatic N) is 1. The minimum Gasteiger partial charge on any atom is -0.496 e. The van der Waals surface area contributed by atoms with Gasteiger partial charge in [-0.3, -0.25) is 9.59 Å². The number of nitrogens with one attached hydrogen (secondary N) is 1. The van der Waals surface area contributed by atoms with Gasteiger partial charge >= 0.3 is 0 Å². The second-order valence-corrected chi connectivity index (χ2v) is 6.08. The Morgan fingerprint density at radius 3 is 2.32 bits per heavy atom. The molecule has 0 aliphatic carbocycles. The molecule has 0 atom stereocenters. The number of benzene rings is 2. The van der Waals surface area contributed by atoms with Gasteiger partial charge in [-0.15, -0.1) is 0 Å². The molecule has 0 aromatic heterocycles. The number of hydrogen-bond donors (Lipinski definition) is 1. The van der Waals surface area contributed by atoms with E-state index >= 15 is 0 Å². The Morgan fingerprint density at radius 1 is 1.00 bits per heavy atom. The molecular formula is C22H26N2O4. The Bertz CT molecular complexity index is 833. The van der Waals surface area contributed by atoms with Crippen molar-refractivity contribution in [1.82, 2.24) is 4.90 Å². The third-order valence-electron chi connectivity index (χ3n) is 4.07. The number of para-hydroxylation sites is 3. The van der Waals surface area contributed by atoms with Gasteiger partial charge in [-0.25, -0.2) is 0 Å². The number of carbonyl (C=O) groups is 2. The van der Waals surface area contributed by atoms with Gasteiger partial charge in [0.2, 0.25) is 11.8 Å². The predicted molar refractivity (Wildman–Crippen MR) is 111 cm³/mol. The van der Waals surface area contributed by atoms with Crippen LogP contribution in [0.1, 0.15) is 18.9 Å². The molecule has 0 saturated heterocycles. The van der Waals surface area contributed by atoms with Crippen LogP contribution in [0.2, 0.25) is 0 Å². The minimum absolute atomic E-state index is 0.0407. The highest BCUT2D eigenvalue weighted by Gasteiger charge is 2.15. The van der Waals surface area contributed by atoms with Crippen molar-refractivity contribution < 1.29 is 19.1 Å². The molecule has 0 bridgehead atoms. The van der Waals surface area contributed by atoms with E-state index in [1.54, 1.807) is 32.4 Å². The molecule has 0 aliphatic heterocycles. The van der Waals surface area contributed by atoms with E-state index in [2.05, 4.69) is 5.32 Å².